The van der Waals surface area contributed by atoms with Gasteiger partial charge in [-0.15, -0.1) is 0 Å². The molecule has 0 heterocycles. The third-order valence-electron chi connectivity index (χ3n) is 4.12. The van der Waals surface area contributed by atoms with Gasteiger partial charge in [-0.1, -0.05) is 48.5 Å². The Morgan fingerprint density at radius 1 is 0.828 bits per heavy atom. The fraction of sp³-hybridized carbons (Fsp3) is 0.0870. The molecule has 3 aromatic rings. The molecule has 3 rings (SSSR count). The molecule has 0 bridgehead atoms. The van der Waals surface area contributed by atoms with Gasteiger partial charge in [0.15, 0.2) is 0 Å². The first-order valence-electron chi connectivity index (χ1n) is 9.14. The predicted molar refractivity (Wildman–Crippen MR) is 111 cm³/mol. The number of carbonyl (C=O) groups excluding carboxylic acids is 2. The number of anilines is 2. The van der Waals surface area contributed by atoms with Gasteiger partial charge in [0, 0.05) is 24.2 Å². The SMILES string of the molecule is O=C(CCC(=O)N(c1ccccc1)c1ccccc1)N/N=C/c1ccc(F)cc1. The number of benzene rings is 3. The van der Waals surface area contributed by atoms with E-state index in [0.717, 1.165) is 11.4 Å². The second kappa shape index (κ2) is 9.94. The highest BCUT2D eigenvalue weighted by molar-refractivity contribution is 6.01. The molecule has 3 aromatic carbocycles. The average molecular weight is 389 g/mol. The van der Waals surface area contributed by atoms with Crippen LogP contribution in [0, 0.1) is 5.82 Å². The van der Waals surface area contributed by atoms with E-state index in [2.05, 4.69) is 10.5 Å². The molecule has 0 saturated heterocycles. The summed E-state index contributed by atoms with van der Waals surface area (Å²) in [7, 11) is 0. The van der Waals surface area contributed by atoms with E-state index in [-0.39, 0.29) is 30.5 Å². The van der Waals surface area contributed by atoms with Gasteiger partial charge >= 0.3 is 0 Å². The second-order valence-corrected chi connectivity index (χ2v) is 6.24. The van der Waals surface area contributed by atoms with Crippen LogP contribution in [0.1, 0.15) is 18.4 Å². The normalized spacial score (nSPS) is 10.7. The number of nitrogens with one attached hydrogen (secondary N) is 1. The van der Waals surface area contributed by atoms with E-state index in [9.17, 15) is 14.0 Å². The van der Waals surface area contributed by atoms with E-state index in [4.69, 9.17) is 0 Å². The number of carbonyl (C=O) groups is 2. The molecule has 0 aliphatic heterocycles. The Morgan fingerprint density at radius 2 is 1.38 bits per heavy atom. The number of halogens is 1. The lowest BCUT2D eigenvalue weighted by molar-refractivity contribution is -0.124. The summed E-state index contributed by atoms with van der Waals surface area (Å²) in [4.78, 5) is 26.5. The van der Waals surface area contributed by atoms with Crippen LogP contribution in [0.2, 0.25) is 0 Å². The maximum absolute atomic E-state index is 12.9. The quantitative estimate of drug-likeness (QED) is 0.480. The van der Waals surface area contributed by atoms with E-state index in [1.165, 1.54) is 18.3 Å². The number of para-hydroxylation sites is 2. The monoisotopic (exact) mass is 389 g/mol. The number of rotatable bonds is 7. The fourth-order valence-corrected chi connectivity index (χ4v) is 2.71. The summed E-state index contributed by atoms with van der Waals surface area (Å²) in [5.41, 5.74) is 4.51. The summed E-state index contributed by atoms with van der Waals surface area (Å²) < 4.78 is 12.9. The Kier molecular flexibility index (Phi) is 6.84. The van der Waals surface area contributed by atoms with Crippen molar-refractivity contribution in [2.75, 3.05) is 4.90 Å². The van der Waals surface area contributed by atoms with Crippen molar-refractivity contribution in [1.82, 2.24) is 5.43 Å². The number of hydrogen-bond acceptors (Lipinski definition) is 3. The molecule has 0 unspecified atom stereocenters. The first-order chi connectivity index (χ1) is 14.1. The topological polar surface area (TPSA) is 61.8 Å². The van der Waals surface area contributed by atoms with Crippen LogP contribution in [0.3, 0.4) is 0 Å². The summed E-state index contributed by atoms with van der Waals surface area (Å²) in [6.45, 7) is 0. The molecular formula is C23H20FN3O2. The van der Waals surface area contributed by atoms with Crippen molar-refractivity contribution in [3.63, 3.8) is 0 Å². The van der Waals surface area contributed by atoms with Crippen molar-refractivity contribution < 1.29 is 14.0 Å². The van der Waals surface area contributed by atoms with Gasteiger partial charge in [-0.05, 0) is 42.0 Å². The third kappa shape index (κ3) is 5.84. The Hall–Kier alpha value is -3.80. The largest absolute Gasteiger partial charge is 0.281 e. The molecule has 0 aromatic heterocycles. The van der Waals surface area contributed by atoms with Gasteiger partial charge < -0.3 is 0 Å². The Morgan fingerprint density at radius 3 is 1.93 bits per heavy atom. The minimum atomic E-state index is -0.377. The van der Waals surface area contributed by atoms with Crippen LogP contribution in [0.15, 0.2) is 90.0 Å². The van der Waals surface area contributed by atoms with Crippen LogP contribution < -0.4 is 10.3 Å². The highest BCUT2D eigenvalue weighted by atomic mass is 19.1. The van der Waals surface area contributed by atoms with E-state index in [0.29, 0.717) is 5.56 Å². The molecule has 0 aliphatic rings. The van der Waals surface area contributed by atoms with E-state index >= 15 is 0 Å². The van der Waals surface area contributed by atoms with E-state index in [1.54, 1.807) is 17.0 Å². The number of hydrogen-bond donors (Lipinski definition) is 1. The first-order valence-corrected chi connectivity index (χ1v) is 9.14. The molecule has 0 aliphatic carbocycles. The lowest BCUT2D eigenvalue weighted by atomic mass is 10.2. The second-order valence-electron chi connectivity index (χ2n) is 6.24. The average Bonchev–Trinajstić information content (AvgIpc) is 2.75. The fourth-order valence-electron chi connectivity index (χ4n) is 2.71. The maximum atomic E-state index is 12.9. The molecule has 0 atom stereocenters. The molecule has 6 heteroatoms. The molecule has 146 valence electrons. The molecule has 2 amide bonds. The van der Waals surface area contributed by atoms with Gasteiger partial charge in [-0.2, -0.15) is 5.10 Å². The van der Waals surface area contributed by atoms with Crippen molar-refractivity contribution in [3.05, 3.63) is 96.3 Å². The summed E-state index contributed by atoms with van der Waals surface area (Å²) >= 11 is 0. The first kappa shape index (κ1) is 19.9. The molecule has 1 N–H and O–H groups in total. The molecule has 0 fully saturated rings. The lowest BCUT2D eigenvalue weighted by Gasteiger charge is -2.23. The van der Waals surface area contributed by atoms with E-state index in [1.807, 2.05) is 60.7 Å². The molecule has 29 heavy (non-hydrogen) atoms. The van der Waals surface area contributed by atoms with Gasteiger partial charge in [0.2, 0.25) is 11.8 Å². The summed E-state index contributed by atoms with van der Waals surface area (Å²) in [5.74, 6) is -0.913. The molecular weight excluding hydrogens is 369 g/mol. The Bertz CT molecular complexity index is 935. The highest BCUT2D eigenvalue weighted by Gasteiger charge is 2.18. The zero-order valence-corrected chi connectivity index (χ0v) is 15.7. The predicted octanol–water partition coefficient (Wildman–Crippen LogP) is 4.42. The van der Waals surface area contributed by atoms with Gasteiger partial charge in [-0.3, -0.25) is 14.5 Å². The zero-order valence-electron chi connectivity index (χ0n) is 15.7. The molecule has 0 radical (unpaired) electrons. The van der Waals surface area contributed by atoms with Crippen LogP contribution in [0.4, 0.5) is 15.8 Å². The van der Waals surface area contributed by atoms with Crippen molar-refractivity contribution in [1.29, 1.82) is 0 Å². The van der Waals surface area contributed by atoms with Gasteiger partial charge in [-0.25, -0.2) is 9.82 Å². The van der Waals surface area contributed by atoms with Crippen LogP contribution in [0.25, 0.3) is 0 Å². The summed E-state index contributed by atoms with van der Waals surface area (Å²) in [5, 5.41) is 3.84. The van der Waals surface area contributed by atoms with Crippen molar-refractivity contribution in [2.24, 2.45) is 5.10 Å². The molecule has 0 saturated carbocycles. The lowest BCUT2D eigenvalue weighted by Crippen LogP contribution is -2.27. The van der Waals surface area contributed by atoms with Crippen LogP contribution in [-0.2, 0) is 9.59 Å². The van der Waals surface area contributed by atoms with Crippen molar-refractivity contribution in [2.45, 2.75) is 12.8 Å². The minimum absolute atomic E-state index is 0.00421. The van der Waals surface area contributed by atoms with Crippen molar-refractivity contribution in [3.8, 4) is 0 Å². The van der Waals surface area contributed by atoms with Gasteiger partial charge in [0.25, 0.3) is 0 Å². The summed E-state index contributed by atoms with van der Waals surface area (Å²) in [6.07, 6.45) is 1.44. The van der Waals surface area contributed by atoms with E-state index < -0.39 is 0 Å². The van der Waals surface area contributed by atoms with Gasteiger partial charge in [0.05, 0.1) is 6.21 Å². The van der Waals surface area contributed by atoms with Crippen LogP contribution >= 0.6 is 0 Å². The zero-order chi connectivity index (χ0) is 20.5. The Labute approximate surface area is 168 Å². The number of amides is 2. The highest BCUT2D eigenvalue weighted by Crippen LogP contribution is 2.26. The number of nitrogens with zero attached hydrogens (tertiary/aromatic N) is 2. The van der Waals surface area contributed by atoms with Crippen LogP contribution in [0.5, 0.6) is 0 Å². The minimum Gasteiger partial charge on any atom is -0.281 e. The Balaban J connectivity index is 1.60. The third-order valence-corrected chi connectivity index (χ3v) is 4.12. The summed E-state index contributed by atoms with van der Waals surface area (Å²) in [6, 6.07) is 24.3. The smallest absolute Gasteiger partial charge is 0.240 e. The maximum Gasteiger partial charge on any atom is 0.240 e. The number of hydrazone groups is 1. The standard InChI is InChI=1S/C23H20FN3O2/c24-19-13-11-18(12-14-19)17-25-26-22(28)15-16-23(29)27(20-7-3-1-4-8-20)21-9-5-2-6-10-21/h1-14,17H,15-16H2,(H,26,28)/b25-17+. The van der Waals surface area contributed by atoms with Crippen molar-refractivity contribution >= 4 is 29.4 Å². The molecule has 0 spiro atoms. The van der Waals surface area contributed by atoms with Crippen LogP contribution in [-0.4, -0.2) is 18.0 Å². The molecule has 5 nitrogen and oxygen atoms in total. The van der Waals surface area contributed by atoms with Gasteiger partial charge in [0.1, 0.15) is 5.82 Å².